The molecule has 133 heavy (non-hydrogen) atoms. The number of aliphatic hydroxyl groups excluding tert-OH is 6. The van der Waals surface area contributed by atoms with E-state index in [1.165, 1.54) is 0 Å². The highest BCUT2D eigenvalue weighted by Crippen LogP contribution is 2.46. The maximum Gasteiger partial charge on any atom is 0.339 e. The maximum absolute atomic E-state index is 13.8. The summed E-state index contributed by atoms with van der Waals surface area (Å²) in [6.45, 7) is 57.2. The van der Waals surface area contributed by atoms with Gasteiger partial charge in [-0.1, -0.05) is 245 Å². The zero-order valence-electron chi connectivity index (χ0n) is 87.2. The van der Waals surface area contributed by atoms with Crippen LogP contribution in [-0.4, -0.2) is 187 Å². The zero-order chi connectivity index (χ0) is 99.8. The fourth-order valence-electron chi connectivity index (χ4n) is 23.7. The molecule has 0 aromatic heterocycles. The van der Waals surface area contributed by atoms with Crippen molar-refractivity contribution in [2.75, 3.05) is 0 Å². The van der Waals surface area contributed by atoms with Gasteiger partial charge in [-0.25, -0.2) is 33.6 Å². The molecule has 17 unspecified atom stereocenters. The lowest BCUT2D eigenvalue weighted by molar-refractivity contribution is -0.190. The lowest BCUT2D eigenvalue weighted by Gasteiger charge is -2.39. The van der Waals surface area contributed by atoms with E-state index >= 15 is 0 Å². The van der Waals surface area contributed by atoms with E-state index in [9.17, 15) is 78.9 Å². The lowest BCUT2D eigenvalue weighted by atomic mass is 9.75. The molecule has 0 radical (unpaired) electrons. The topological polar surface area (TPSA) is 378 Å². The Hall–Kier alpha value is -5.05. The third-order valence-corrected chi connectivity index (χ3v) is 32.7. The van der Waals surface area contributed by atoms with Crippen LogP contribution in [0.1, 0.15) is 373 Å². The number of hydrogen-bond donors (Lipinski definition) is 7. The Morgan fingerprint density at radius 1 is 0.211 bits per heavy atom. The number of rotatable bonds is 32. The molecule has 0 bridgehead atoms. The standard InChI is InChI=1S/C36H62O7.3C24H42O6/c1-21(2)27-13-10-24(7)16-30(27)41-33(37)19-36(40,35(39)43-32-18-26(9)12-15-29(32)23(5)6)20-34(38)42-31-17-25(8)11-14-28(31)22(3)4;3*1-13(2)17-9-7-15(5)11-19(17)29-23(27)21(25)22(26)24(28)30-20-12-16(6)8-10-18(20)14(3)4/h21-32,40H,10-20H2,1-9H3;3*13-22,25-26H,7-12H2,1-6H3/t;15?,16?,17?,18?,19?,20?,21-,22-;15-,16-,17+,18+,19+,20+,21-,22-;15-,16-,17+,18+,19-,20+,21?,22?/m.111/s1. The van der Waals surface area contributed by atoms with E-state index in [0.29, 0.717) is 113 Å². The van der Waals surface area contributed by atoms with Gasteiger partial charge >= 0.3 is 53.7 Å². The van der Waals surface area contributed by atoms with Crippen LogP contribution >= 0.6 is 0 Å². The fourth-order valence-corrected chi connectivity index (χ4v) is 23.7. The largest absolute Gasteiger partial charge is 0.462 e. The highest BCUT2D eigenvalue weighted by molar-refractivity contribution is 5.91. The first-order valence-electron chi connectivity index (χ1n) is 52.8. The summed E-state index contributed by atoms with van der Waals surface area (Å²) in [5, 5.41) is 73.7. The van der Waals surface area contributed by atoms with Gasteiger partial charge in [0.05, 0.1) is 12.8 Å². The minimum absolute atomic E-state index is 0.161. The summed E-state index contributed by atoms with van der Waals surface area (Å²) >= 11 is 0. The molecule has 0 aromatic carbocycles. The normalized spacial score (nSPS) is 34.6. The molecule has 0 spiro atoms. The Bertz CT molecular complexity index is 3100. The van der Waals surface area contributed by atoms with Crippen LogP contribution in [0.15, 0.2) is 0 Å². The molecule has 9 aliphatic rings. The smallest absolute Gasteiger partial charge is 0.339 e. The number of hydrogen-bond acceptors (Lipinski definition) is 25. The van der Waals surface area contributed by atoms with E-state index in [4.69, 9.17) is 42.6 Å². The van der Waals surface area contributed by atoms with Crippen LogP contribution in [0.3, 0.4) is 0 Å². The van der Waals surface area contributed by atoms with Crippen LogP contribution in [0.4, 0.5) is 0 Å². The van der Waals surface area contributed by atoms with Gasteiger partial charge in [0.25, 0.3) is 0 Å². The molecule has 25 heteroatoms. The van der Waals surface area contributed by atoms with E-state index in [0.717, 1.165) is 167 Å². The summed E-state index contributed by atoms with van der Waals surface area (Å²) in [6.07, 6.45) is 9.51. The number of esters is 9. The Labute approximate surface area is 801 Å². The third kappa shape index (κ3) is 35.6. The second-order valence-electron chi connectivity index (χ2n) is 47.3. The van der Waals surface area contributed by atoms with Crippen molar-refractivity contribution in [3.63, 3.8) is 0 Å². The van der Waals surface area contributed by atoms with E-state index in [1.54, 1.807) is 0 Å². The first kappa shape index (κ1) is 117. The van der Waals surface area contributed by atoms with Crippen LogP contribution in [0.25, 0.3) is 0 Å². The minimum atomic E-state index is -2.35. The molecule has 33 atom stereocenters. The van der Waals surface area contributed by atoms with E-state index in [1.807, 2.05) is 0 Å². The molecule has 0 amide bonds. The molecule has 0 saturated heterocycles. The van der Waals surface area contributed by atoms with Crippen LogP contribution in [0, 0.1) is 160 Å². The average Bonchev–Trinajstić information content (AvgIpc) is 0.791. The van der Waals surface area contributed by atoms with E-state index < -0.39 is 109 Å². The molecule has 0 heterocycles. The van der Waals surface area contributed by atoms with Crippen LogP contribution in [0.2, 0.25) is 0 Å². The number of aliphatic hydroxyl groups is 7. The van der Waals surface area contributed by atoms with Crippen molar-refractivity contribution in [3.8, 4) is 0 Å². The summed E-state index contributed by atoms with van der Waals surface area (Å²) in [6, 6.07) is 0. The molecule has 25 nitrogen and oxygen atoms in total. The van der Waals surface area contributed by atoms with Crippen molar-refractivity contribution in [1.82, 2.24) is 0 Å². The number of ether oxygens (including phenoxy) is 9. The predicted octanol–water partition coefficient (Wildman–Crippen LogP) is 18.7. The van der Waals surface area contributed by atoms with Crippen molar-refractivity contribution in [2.24, 2.45) is 160 Å². The Balaban J connectivity index is 0.000000277. The highest BCUT2D eigenvalue weighted by atomic mass is 16.6. The first-order valence-corrected chi connectivity index (χ1v) is 52.8. The summed E-state index contributed by atoms with van der Waals surface area (Å²) in [4.78, 5) is 116. The maximum atomic E-state index is 13.8. The van der Waals surface area contributed by atoms with Gasteiger partial charge in [0.15, 0.2) is 42.2 Å². The molecule has 9 fully saturated rings. The van der Waals surface area contributed by atoms with E-state index in [-0.39, 0.29) is 108 Å². The predicted molar refractivity (Wildman–Crippen MR) is 511 cm³/mol. The van der Waals surface area contributed by atoms with Crippen molar-refractivity contribution >= 4 is 53.7 Å². The molecule has 0 aliphatic heterocycles. The monoisotopic (exact) mass is 1890 g/mol. The van der Waals surface area contributed by atoms with Gasteiger partial charge in [-0.05, 0) is 275 Å². The third-order valence-electron chi connectivity index (χ3n) is 32.7. The average molecular weight is 1890 g/mol. The zero-order valence-corrected chi connectivity index (χ0v) is 87.2. The second kappa shape index (κ2) is 54.7. The molecular weight excluding hydrogens is 1700 g/mol. The summed E-state index contributed by atoms with van der Waals surface area (Å²) in [5.41, 5.74) is -2.35. The fraction of sp³-hybridized carbons (Fsp3) is 0.917. The van der Waals surface area contributed by atoms with E-state index in [2.05, 4.69) is 187 Å². The Morgan fingerprint density at radius 3 is 0.459 bits per heavy atom. The van der Waals surface area contributed by atoms with Gasteiger partial charge in [-0.15, -0.1) is 0 Å². The van der Waals surface area contributed by atoms with Gasteiger partial charge in [0.2, 0.25) is 0 Å². The van der Waals surface area contributed by atoms with Crippen LogP contribution in [0.5, 0.6) is 0 Å². The van der Waals surface area contributed by atoms with Crippen LogP contribution in [-0.2, 0) is 85.8 Å². The molecule has 0 aromatic rings. The summed E-state index contributed by atoms with van der Waals surface area (Å²) in [7, 11) is 0. The quantitative estimate of drug-likeness (QED) is 0.0243. The van der Waals surface area contributed by atoms with Crippen LogP contribution < -0.4 is 0 Å². The summed E-state index contributed by atoms with van der Waals surface area (Å²) < 4.78 is 51.5. The number of carbonyl (C=O) groups is 9. The second-order valence-corrected chi connectivity index (χ2v) is 47.3. The molecule has 770 valence electrons. The molecule has 9 rings (SSSR count). The molecular formula is C108H188O25. The Kier molecular flexibility index (Phi) is 47.9. The summed E-state index contributed by atoms with van der Waals surface area (Å²) in [5.74, 6) is 0.980. The number of carbonyl (C=O) groups excluding carboxylic acids is 9. The van der Waals surface area contributed by atoms with Gasteiger partial charge in [0, 0.05) is 0 Å². The van der Waals surface area contributed by atoms with Gasteiger partial charge in [-0.3, -0.25) is 9.59 Å². The SMILES string of the molecule is CC(C)[C@@H]1CC[C@@H](C)C[C@@H]1OC(=O)C(O)C(O)C(=O)O[C@@H]1C[C@H](C)CC[C@H]1C(C)C.CC(C)[C@@H]1CC[C@@H](C)C[C@@H]1OC(=O)[C@H](O)[C@@H](O)C(=O)O[C@H]1C[C@H](C)CC[C@H]1C(C)C.CC1CCC(C(C)C)C(OC(=O)CC(O)(CC(=O)OC2CC(C)CCC2C(C)C)C(=O)OC2CC(C)CCC2C(C)C)C1.CC1CCC(C(C)C)C(OC(=O)[C@H](O)[C@@H](O)C(=O)OC2CC(C)CCC2C(C)C)C1. The Morgan fingerprint density at radius 2 is 0.331 bits per heavy atom. The van der Waals surface area contributed by atoms with Crippen molar-refractivity contribution in [2.45, 2.75) is 470 Å². The molecule has 9 saturated carbocycles. The minimum Gasteiger partial charge on any atom is -0.462 e. The van der Waals surface area contributed by atoms with Gasteiger partial charge in [0.1, 0.15) is 54.9 Å². The van der Waals surface area contributed by atoms with Crippen molar-refractivity contribution in [3.05, 3.63) is 0 Å². The van der Waals surface area contributed by atoms with Gasteiger partial charge < -0.3 is 78.4 Å². The van der Waals surface area contributed by atoms with Crippen molar-refractivity contribution < 1.29 is 122 Å². The molecule has 9 aliphatic carbocycles. The highest BCUT2D eigenvalue weighted by Gasteiger charge is 2.51. The van der Waals surface area contributed by atoms with Gasteiger partial charge in [-0.2, -0.15) is 0 Å². The molecule has 7 N–H and O–H groups in total. The lowest BCUT2D eigenvalue weighted by Crippen LogP contribution is -2.49. The van der Waals surface area contributed by atoms with Crippen molar-refractivity contribution in [1.29, 1.82) is 0 Å². The first-order chi connectivity index (χ1) is 62.1.